The number of hydrogen-bond acceptors (Lipinski definition) is 13. The maximum absolute atomic E-state index is 13.6. The number of hydrazone groups is 1. The molecular weight excluding hydrogens is 546 g/mol. The van der Waals surface area contributed by atoms with Crippen LogP contribution in [-0.2, 0) is 38.7 Å². The lowest BCUT2D eigenvalue weighted by Crippen LogP contribution is -2.58. The summed E-state index contributed by atoms with van der Waals surface area (Å²) in [4.78, 5) is 36.3. The van der Waals surface area contributed by atoms with E-state index >= 15 is 0 Å². The monoisotopic (exact) mass is 569 g/mol. The van der Waals surface area contributed by atoms with Crippen molar-refractivity contribution in [1.82, 2.24) is 0 Å². The van der Waals surface area contributed by atoms with Gasteiger partial charge in [-0.3, -0.25) is 25.1 Å². The van der Waals surface area contributed by atoms with Crippen LogP contribution in [0.5, 0.6) is 5.75 Å². The van der Waals surface area contributed by atoms with Gasteiger partial charge in [-0.2, -0.15) is 5.10 Å². The van der Waals surface area contributed by atoms with Crippen LogP contribution in [0.2, 0.25) is 0 Å². The highest BCUT2D eigenvalue weighted by Gasteiger charge is 2.63. The number of nitro benzene ring substituents is 1. The molecule has 0 aliphatic carbocycles. The van der Waals surface area contributed by atoms with Crippen LogP contribution in [0.25, 0.3) is 0 Å². The van der Waals surface area contributed by atoms with E-state index in [2.05, 4.69) is 20.0 Å². The minimum absolute atomic E-state index is 0.00932. The van der Waals surface area contributed by atoms with E-state index in [0.717, 1.165) is 20.3 Å². The lowest BCUT2D eigenvalue weighted by Gasteiger charge is -2.35. The van der Waals surface area contributed by atoms with E-state index in [1.54, 1.807) is 6.92 Å². The third-order valence-corrected chi connectivity index (χ3v) is 10.7. The first-order chi connectivity index (χ1) is 17.8. The lowest BCUT2D eigenvalue weighted by atomic mass is 9.91. The average molecular weight is 570 g/mol. The number of nitro groups is 1. The fourth-order valence-corrected chi connectivity index (χ4v) is 8.90. The molecule has 0 amide bonds. The molecule has 0 aromatic heterocycles. The largest absolute Gasteiger partial charge is 0.497 e. The van der Waals surface area contributed by atoms with Crippen molar-refractivity contribution in [2.24, 2.45) is 5.10 Å². The average Bonchev–Trinajstić information content (AvgIpc) is 2.87. The zero-order valence-electron chi connectivity index (χ0n) is 20.5. The SMILES string of the molecule is COC(=O)[C@@H]1C(c2ccc(OC)cc2)[C@H](C(=O)OC)S(=O)(=O)C(=NNc2ccc(C)cc2[N+](=O)[O-])S1(=O)=O. The Morgan fingerprint density at radius 2 is 1.45 bits per heavy atom. The molecule has 1 aliphatic rings. The fraction of sp³-hybridized carbons (Fsp3) is 0.318. The predicted molar refractivity (Wildman–Crippen MR) is 134 cm³/mol. The second kappa shape index (κ2) is 10.7. The Bertz CT molecular complexity index is 1460. The number of nitrogens with one attached hydrogen (secondary N) is 1. The molecule has 0 radical (unpaired) electrons. The predicted octanol–water partition coefficient (Wildman–Crippen LogP) is 1.30. The first-order valence-corrected chi connectivity index (χ1v) is 13.8. The molecule has 204 valence electrons. The molecule has 2 aromatic carbocycles. The molecule has 2 aromatic rings. The highest BCUT2D eigenvalue weighted by molar-refractivity contribution is 8.32. The van der Waals surface area contributed by atoms with Crippen molar-refractivity contribution in [2.75, 3.05) is 26.8 Å². The Hall–Kier alpha value is -4.05. The number of nitrogens with zero attached hydrogens (tertiary/aromatic N) is 2. The van der Waals surface area contributed by atoms with Gasteiger partial charge in [0.05, 0.1) is 26.3 Å². The number of methoxy groups -OCH3 is 3. The minimum Gasteiger partial charge on any atom is -0.497 e. The molecule has 1 aliphatic heterocycles. The minimum atomic E-state index is -5.17. The molecule has 3 rings (SSSR count). The number of carbonyl (C=O) groups is 2. The second-order valence-corrected chi connectivity index (χ2v) is 12.3. The Morgan fingerprint density at radius 1 is 0.921 bits per heavy atom. The van der Waals surface area contributed by atoms with Crippen LogP contribution in [0.3, 0.4) is 0 Å². The standard InChI is InChI=1S/C22H23N3O11S2/c1-12-5-10-15(16(11-12)25(28)29)23-24-22-37(30,31)18(20(26)35-3)17(13-6-8-14(34-2)9-7-13)19(21(27)36-4)38(22,32)33/h5-11,17-19,23H,1-4H3/t17?,18-,19+. The van der Waals surface area contributed by atoms with E-state index in [4.69, 9.17) is 4.74 Å². The van der Waals surface area contributed by atoms with Crippen LogP contribution in [0.4, 0.5) is 11.4 Å². The van der Waals surface area contributed by atoms with Gasteiger partial charge in [-0.25, -0.2) is 16.8 Å². The third kappa shape index (κ3) is 5.04. The van der Waals surface area contributed by atoms with Crippen LogP contribution in [-0.4, -0.2) is 69.9 Å². The zero-order valence-corrected chi connectivity index (χ0v) is 22.1. The van der Waals surface area contributed by atoms with Crippen molar-refractivity contribution in [1.29, 1.82) is 0 Å². The highest BCUT2D eigenvalue weighted by Crippen LogP contribution is 2.41. The van der Waals surface area contributed by atoms with Crippen molar-refractivity contribution >= 4 is 47.4 Å². The van der Waals surface area contributed by atoms with Gasteiger partial charge in [-0.1, -0.05) is 18.2 Å². The Balaban J connectivity index is 2.29. The van der Waals surface area contributed by atoms with Gasteiger partial charge < -0.3 is 14.2 Å². The number of hydrogen-bond donors (Lipinski definition) is 1. The summed E-state index contributed by atoms with van der Waals surface area (Å²) in [5.74, 6) is -4.17. The van der Waals surface area contributed by atoms with Gasteiger partial charge in [-0.05, 0) is 36.2 Å². The summed E-state index contributed by atoms with van der Waals surface area (Å²) in [7, 11) is -7.18. The maximum atomic E-state index is 13.6. The van der Waals surface area contributed by atoms with Gasteiger partial charge in [0.15, 0.2) is 10.5 Å². The Labute approximate surface area is 217 Å². The zero-order chi connectivity index (χ0) is 28.4. The molecule has 1 saturated heterocycles. The summed E-state index contributed by atoms with van der Waals surface area (Å²) in [6.07, 6.45) is 0. The molecule has 38 heavy (non-hydrogen) atoms. The number of ether oxygens (including phenoxy) is 3. The summed E-state index contributed by atoms with van der Waals surface area (Å²) in [5.41, 5.74) is 1.72. The molecule has 1 fully saturated rings. The van der Waals surface area contributed by atoms with Crippen LogP contribution >= 0.6 is 0 Å². The molecule has 3 atom stereocenters. The number of esters is 2. The fourth-order valence-electron chi connectivity index (χ4n) is 4.00. The molecule has 0 bridgehead atoms. The molecule has 1 unspecified atom stereocenters. The number of benzene rings is 2. The van der Waals surface area contributed by atoms with Crippen LogP contribution < -0.4 is 10.2 Å². The number of rotatable bonds is 7. The summed E-state index contributed by atoms with van der Waals surface area (Å²) in [6.45, 7) is 1.57. The second-order valence-electron chi connectivity index (χ2n) is 8.04. The number of carbonyl (C=O) groups excluding carboxylic acids is 2. The molecule has 0 spiro atoms. The normalized spacial score (nSPS) is 22.7. The smallest absolute Gasteiger partial charge is 0.325 e. The van der Waals surface area contributed by atoms with E-state index in [1.807, 2.05) is 0 Å². The van der Waals surface area contributed by atoms with E-state index in [-0.39, 0.29) is 11.3 Å². The molecule has 16 heteroatoms. The van der Waals surface area contributed by atoms with Gasteiger partial charge in [0.1, 0.15) is 11.4 Å². The van der Waals surface area contributed by atoms with Gasteiger partial charge in [0, 0.05) is 12.0 Å². The van der Waals surface area contributed by atoms with Crippen LogP contribution in [0.1, 0.15) is 17.0 Å². The van der Waals surface area contributed by atoms with Crippen molar-refractivity contribution in [3.8, 4) is 5.75 Å². The summed E-state index contributed by atoms with van der Waals surface area (Å²) in [5, 5.41) is 10.4. The van der Waals surface area contributed by atoms with Crippen molar-refractivity contribution in [2.45, 2.75) is 23.3 Å². The summed E-state index contributed by atoms with van der Waals surface area (Å²) in [6, 6.07) is 9.16. The Kier molecular flexibility index (Phi) is 8.06. The van der Waals surface area contributed by atoms with E-state index in [1.165, 1.54) is 43.5 Å². The maximum Gasteiger partial charge on any atom is 0.325 e. The van der Waals surface area contributed by atoms with E-state index in [9.17, 15) is 36.5 Å². The number of anilines is 1. The Morgan fingerprint density at radius 3 is 1.89 bits per heavy atom. The first kappa shape index (κ1) is 28.5. The molecule has 14 nitrogen and oxygen atoms in total. The van der Waals surface area contributed by atoms with Crippen molar-refractivity contribution in [3.63, 3.8) is 0 Å². The number of sulfone groups is 2. The van der Waals surface area contributed by atoms with Gasteiger partial charge >= 0.3 is 11.9 Å². The first-order valence-electron chi connectivity index (χ1n) is 10.7. The molecular formula is C22H23N3O11S2. The number of aryl methyl sites for hydroxylation is 1. The molecule has 0 saturated carbocycles. The summed E-state index contributed by atoms with van der Waals surface area (Å²) >= 11 is 0. The quantitative estimate of drug-likeness (QED) is 0.285. The topological polar surface area (TPSA) is 198 Å². The van der Waals surface area contributed by atoms with Gasteiger partial charge in [0.25, 0.3) is 10.1 Å². The van der Waals surface area contributed by atoms with E-state index < -0.39 is 63.0 Å². The van der Waals surface area contributed by atoms with Crippen LogP contribution in [0, 0.1) is 17.0 Å². The van der Waals surface area contributed by atoms with E-state index in [0.29, 0.717) is 11.3 Å². The van der Waals surface area contributed by atoms with Gasteiger partial charge in [-0.15, -0.1) is 0 Å². The third-order valence-electron chi connectivity index (χ3n) is 5.79. The highest BCUT2D eigenvalue weighted by atomic mass is 32.3. The van der Waals surface area contributed by atoms with Crippen molar-refractivity contribution in [3.05, 3.63) is 63.7 Å². The van der Waals surface area contributed by atoms with Gasteiger partial charge in [0.2, 0.25) is 19.7 Å². The van der Waals surface area contributed by atoms with Crippen molar-refractivity contribution < 1.29 is 45.6 Å². The van der Waals surface area contributed by atoms with Crippen LogP contribution in [0.15, 0.2) is 47.6 Å². The molecule has 1 heterocycles. The summed E-state index contributed by atoms with van der Waals surface area (Å²) < 4.78 is 67.3. The lowest BCUT2D eigenvalue weighted by molar-refractivity contribution is -0.384. The molecule has 1 N–H and O–H groups in total.